The highest BCUT2D eigenvalue weighted by molar-refractivity contribution is 5.42. The summed E-state index contributed by atoms with van der Waals surface area (Å²) in [4.78, 5) is 0. The van der Waals surface area contributed by atoms with Crippen LogP contribution in [0.3, 0.4) is 0 Å². The zero-order chi connectivity index (χ0) is 15.1. The minimum absolute atomic E-state index is 0.122. The van der Waals surface area contributed by atoms with Crippen molar-refractivity contribution in [3.05, 3.63) is 59.7 Å². The van der Waals surface area contributed by atoms with Crippen molar-refractivity contribution in [3.8, 4) is 11.5 Å². The Bertz CT molecular complexity index is 555. The lowest BCUT2D eigenvalue weighted by Crippen LogP contribution is -2.29. The largest absolute Gasteiger partial charge is 0.494 e. The first kappa shape index (κ1) is 15.4. The van der Waals surface area contributed by atoms with Gasteiger partial charge in [0.2, 0.25) is 0 Å². The highest BCUT2D eigenvalue weighted by atomic mass is 16.5. The van der Waals surface area contributed by atoms with Crippen molar-refractivity contribution in [1.29, 1.82) is 0 Å². The summed E-state index contributed by atoms with van der Waals surface area (Å²) in [6.45, 7) is 5.22. The van der Waals surface area contributed by atoms with Gasteiger partial charge in [-0.1, -0.05) is 30.3 Å². The summed E-state index contributed by atoms with van der Waals surface area (Å²) >= 11 is 0. The second kappa shape index (κ2) is 7.67. The molecule has 4 nitrogen and oxygen atoms in total. The first-order valence-corrected chi connectivity index (χ1v) is 7.20. The van der Waals surface area contributed by atoms with Gasteiger partial charge < -0.3 is 9.47 Å². The standard InChI is InChI=1S/C17H22N2O2/c1-3-20-14-11-9-13(10-12-14)17(19-18)15-7-5-6-8-16(15)21-4-2/h5-12,17,19H,3-4,18H2,1-2H3. The van der Waals surface area contributed by atoms with Gasteiger partial charge in [-0.25, -0.2) is 5.43 Å². The van der Waals surface area contributed by atoms with Gasteiger partial charge >= 0.3 is 0 Å². The van der Waals surface area contributed by atoms with E-state index < -0.39 is 0 Å². The van der Waals surface area contributed by atoms with Gasteiger partial charge in [0, 0.05) is 5.56 Å². The Hall–Kier alpha value is -2.04. The van der Waals surface area contributed by atoms with Gasteiger partial charge in [-0.05, 0) is 37.6 Å². The topological polar surface area (TPSA) is 56.5 Å². The van der Waals surface area contributed by atoms with Crippen LogP contribution in [0, 0.1) is 0 Å². The third kappa shape index (κ3) is 3.74. The average molecular weight is 286 g/mol. The van der Waals surface area contributed by atoms with Gasteiger partial charge in [0.25, 0.3) is 0 Å². The Balaban J connectivity index is 2.30. The number of para-hydroxylation sites is 1. The van der Waals surface area contributed by atoms with Crippen molar-refractivity contribution < 1.29 is 9.47 Å². The van der Waals surface area contributed by atoms with Crippen LogP contribution in [-0.2, 0) is 0 Å². The second-order valence-corrected chi connectivity index (χ2v) is 4.57. The van der Waals surface area contributed by atoms with Crippen LogP contribution >= 0.6 is 0 Å². The summed E-state index contributed by atoms with van der Waals surface area (Å²) in [6, 6.07) is 15.7. The summed E-state index contributed by atoms with van der Waals surface area (Å²) in [5, 5.41) is 0. The summed E-state index contributed by atoms with van der Waals surface area (Å²) in [5.41, 5.74) is 4.95. The number of nitrogens with one attached hydrogen (secondary N) is 1. The normalized spacial score (nSPS) is 12.0. The Labute approximate surface area is 125 Å². The van der Waals surface area contributed by atoms with Crippen LogP contribution in [0.15, 0.2) is 48.5 Å². The number of hydrogen-bond donors (Lipinski definition) is 2. The van der Waals surface area contributed by atoms with Crippen molar-refractivity contribution in [2.45, 2.75) is 19.9 Å². The molecule has 0 aromatic heterocycles. The van der Waals surface area contributed by atoms with Crippen molar-refractivity contribution in [2.24, 2.45) is 5.84 Å². The van der Waals surface area contributed by atoms with Crippen molar-refractivity contribution >= 4 is 0 Å². The Morgan fingerprint density at radius 1 is 0.952 bits per heavy atom. The molecule has 0 radical (unpaired) electrons. The van der Waals surface area contributed by atoms with Crippen LogP contribution in [0.25, 0.3) is 0 Å². The fourth-order valence-corrected chi connectivity index (χ4v) is 2.29. The highest BCUT2D eigenvalue weighted by Crippen LogP contribution is 2.30. The van der Waals surface area contributed by atoms with Crippen LogP contribution in [0.1, 0.15) is 31.0 Å². The molecule has 0 saturated heterocycles. The van der Waals surface area contributed by atoms with Crippen LogP contribution in [0.5, 0.6) is 11.5 Å². The number of hydrogen-bond acceptors (Lipinski definition) is 4. The molecule has 2 rings (SSSR count). The molecule has 3 N–H and O–H groups in total. The summed E-state index contributed by atoms with van der Waals surface area (Å²) in [6.07, 6.45) is 0. The van der Waals surface area contributed by atoms with E-state index in [2.05, 4.69) is 5.43 Å². The Morgan fingerprint density at radius 2 is 1.62 bits per heavy atom. The molecule has 2 aromatic carbocycles. The molecule has 21 heavy (non-hydrogen) atoms. The molecule has 1 unspecified atom stereocenters. The van der Waals surface area contributed by atoms with Crippen molar-refractivity contribution in [2.75, 3.05) is 13.2 Å². The van der Waals surface area contributed by atoms with E-state index in [1.807, 2.05) is 62.4 Å². The first-order chi connectivity index (χ1) is 10.3. The SMILES string of the molecule is CCOc1ccc(C(NN)c2ccccc2OCC)cc1. The molecular formula is C17H22N2O2. The zero-order valence-electron chi connectivity index (χ0n) is 12.5. The lowest BCUT2D eigenvalue weighted by atomic mass is 9.98. The molecule has 0 aliphatic carbocycles. The summed E-state index contributed by atoms with van der Waals surface area (Å²) in [7, 11) is 0. The molecule has 112 valence electrons. The van der Waals surface area contributed by atoms with Crippen LogP contribution in [0.2, 0.25) is 0 Å². The summed E-state index contributed by atoms with van der Waals surface area (Å²) < 4.78 is 11.1. The molecular weight excluding hydrogens is 264 g/mol. The Morgan fingerprint density at radius 3 is 2.24 bits per heavy atom. The summed E-state index contributed by atoms with van der Waals surface area (Å²) in [5.74, 6) is 7.46. The maximum atomic E-state index is 5.76. The Kier molecular flexibility index (Phi) is 5.60. The predicted molar refractivity (Wildman–Crippen MR) is 84.4 cm³/mol. The minimum atomic E-state index is -0.122. The lowest BCUT2D eigenvalue weighted by Gasteiger charge is -2.20. The van der Waals surface area contributed by atoms with Gasteiger partial charge in [0.15, 0.2) is 0 Å². The molecule has 2 aromatic rings. The maximum absolute atomic E-state index is 5.76. The minimum Gasteiger partial charge on any atom is -0.494 e. The van der Waals surface area contributed by atoms with E-state index in [0.29, 0.717) is 13.2 Å². The molecule has 0 saturated carbocycles. The number of rotatable bonds is 7. The molecule has 4 heteroatoms. The molecule has 0 aliphatic heterocycles. The van der Waals surface area contributed by atoms with Gasteiger partial charge in [0.05, 0.1) is 19.3 Å². The molecule has 0 amide bonds. The predicted octanol–water partition coefficient (Wildman–Crippen LogP) is 3.04. The van der Waals surface area contributed by atoms with E-state index in [4.69, 9.17) is 15.3 Å². The van der Waals surface area contributed by atoms with E-state index in [0.717, 1.165) is 22.6 Å². The fraction of sp³-hybridized carbons (Fsp3) is 0.294. The quantitative estimate of drug-likeness (QED) is 0.607. The molecule has 0 aliphatic rings. The van der Waals surface area contributed by atoms with Gasteiger partial charge in [0.1, 0.15) is 11.5 Å². The molecule has 0 fully saturated rings. The smallest absolute Gasteiger partial charge is 0.124 e. The van der Waals surface area contributed by atoms with Gasteiger partial charge in [-0.2, -0.15) is 0 Å². The third-order valence-corrected chi connectivity index (χ3v) is 3.22. The molecule has 0 heterocycles. The number of ether oxygens (including phenoxy) is 2. The van der Waals surface area contributed by atoms with Crippen LogP contribution in [0.4, 0.5) is 0 Å². The lowest BCUT2D eigenvalue weighted by molar-refractivity contribution is 0.333. The van der Waals surface area contributed by atoms with E-state index in [9.17, 15) is 0 Å². The van der Waals surface area contributed by atoms with Crippen LogP contribution < -0.4 is 20.7 Å². The molecule has 1 atom stereocenters. The van der Waals surface area contributed by atoms with E-state index in [-0.39, 0.29) is 6.04 Å². The number of hydrazine groups is 1. The van der Waals surface area contributed by atoms with E-state index in [1.165, 1.54) is 0 Å². The molecule has 0 bridgehead atoms. The number of benzene rings is 2. The monoisotopic (exact) mass is 286 g/mol. The average Bonchev–Trinajstić information content (AvgIpc) is 2.52. The number of nitrogens with two attached hydrogens (primary N) is 1. The third-order valence-electron chi connectivity index (χ3n) is 3.22. The molecule has 0 spiro atoms. The van der Waals surface area contributed by atoms with Gasteiger partial charge in [-0.3, -0.25) is 5.84 Å². The first-order valence-electron chi connectivity index (χ1n) is 7.20. The second-order valence-electron chi connectivity index (χ2n) is 4.57. The van der Waals surface area contributed by atoms with Crippen molar-refractivity contribution in [1.82, 2.24) is 5.43 Å². The fourth-order valence-electron chi connectivity index (χ4n) is 2.29. The van der Waals surface area contributed by atoms with E-state index >= 15 is 0 Å². The van der Waals surface area contributed by atoms with Crippen molar-refractivity contribution in [3.63, 3.8) is 0 Å². The zero-order valence-corrected chi connectivity index (χ0v) is 12.5. The maximum Gasteiger partial charge on any atom is 0.124 e. The van der Waals surface area contributed by atoms with Gasteiger partial charge in [-0.15, -0.1) is 0 Å². The van der Waals surface area contributed by atoms with Crippen LogP contribution in [-0.4, -0.2) is 13.2 Å². The highest BCUT2D eigenvalue weighted by Gasteiger charge is 2.16. The van der Waals surface area contributed by atoms with E-state index in [1.54, 1.807) is 0 Å².